The maximum atomic E-state index is 13.0. The summed E-state index contributed by atoms with van der Waals surface area (Å²) in [6.07, 6.45) is 2.25. The molecule has 0 radical (unpaired) electrons. The molecule has 27 heavy (non-hydrogen) atoms. The number of nitrogens with zero attached hydrogens (tertiary/aromatic N) is 1. The average molecular weight is 383 g/mol. The van der Waals surface area contributed by atoms with Crippen LogP contribution in [-0.4, -0.2) is 44.7 Å². The molecule has 0 saturated carbocycles. The van der Waals surface area contributed by atoms with Crippen molar-refractivity contribution in [1.82, 2.24) is 4.90 Å². The second-order valence-electron chi connectivity index (χ2n) is 6.84. The molecule has 0 aliphatic carbocycles. The first kappa shape index (κ1) is 17.8. The van der Waals surface area contributed by atoms with Gasteiger partial charge in [0.2, 0.25) is 0 Å². The van der Waals surface area contributed by atoms with Gasteiger partial charge in [0.05, 0.1) is 16.6 Å². The number of ether oxygens (including phenoxy) is 1. The summed E-state index contributed by atoms with van der Waals surface area (Å²) in [4.78, 5) is 14.6. The van der Waals surface area contributed by atoms with Crippen molar-refractivity contribution < 1.29 is 17.9 Å². The van der Waals surface area contributed by atoms with Gasteiger partial charge in [0.15, 0.2) is 9.84 Å². The van der Waals surface area contributed by atoms with Crippen LogP contribution in [0.25, 0.3) is 6.08 Å². The quantitative estimate of drug-likeness (QED) is 0.800. The van der Waals surface area contributed by atoms with Crippen LogP contribution in [0.15, 0.2) is 60.2 Å². The number of hydrogen-bond donors (Lipinski definition) is 0. The number of carbonyl (C=O) groups is 1. The Kier molecular flexibility index (Phi) is 4.74. The molecule has 0 N–H and O–H groups in total. The topological polar surface area (TPSA) is 63.7 Å². The molecule has 2 aromatic rings. The summed E-state index contributed by atoms with van der Waals surface area (Å²) >= 11 is 0. The fourth-order valence-corrected chi connectivity index (χ4v) is 5.43. The summed E-state index contributed by atoms with van der Waals surface area (Å²) in [5.41, 5.74) is 2.22. The zero-order valence-electron chi connectivity index (χ0n) is 14.9. The van der Waals surface area contributed by atoms with E-state index in [1.807, 2.05) is 60.7 Å². The van der Waals surface area contributed by atoms with Gasteiger partial charge in [0.1, 0.15) is 12.4 Å². The number of benzene rings is 2. The third-order valence-electron chi connectivity index (χ3n) is 5.11. The van der Waals surface area contributed by atoms with Gasteiger partial charge in [-0.05, 0) is 24.1 Å². The SMILES string of the molecule is O=C(C1=Cc2ccccc2OC1)N1CCC(c2ccccc2)S(=O)(=O)CC1. The first-order chi connectivity index (χ1) is 13.0. The fourth-order valence-electron chi connectivity index (χ4n) is 3.63. The fraction of sp³-hybridized carbons (Fsp3) is 0.286. The first-order valence-electron chi connectivity index (χ1n) is 9.03. The molecule has 1 unspecified atom stereocenters. The van der Waals surface area contributed by atoms with Crippen molar-refractivity contribution in [2.24, 2.45) is 0 Å². The van der Waals surface area contributed by atoms with E-state index in [0.29, 0.717) is 18.5 Å². The number of rotatable bonds is 2. The van der Waals surface area contributed by atoms with Crippen LogP contribution in [0.3, 0.4) is 0 Å². The summed E-state index contributed by atoms with van der Waals surface area (Å²) in [7, 11) is -3.30. The summed E-state index contributed by atoms with van der Waals surface area (Å²) in [5, 5.41) is -0.561. The highest BCUT2D eigenvalue weighted by Crippen LogP contribution is 2.31. The predicted molar refractivity (Wildman–Crippen MR) is 104 cm³/mol. The van der Waals surface area contributed by atoms with E-state index in [4.69, 9.17) is 4.74 Å². The van der Waals surface area contributed by atoms with Gasteiger partial charge in [-0.25, -0.2) is 8.42 Å². The smallest absolute Gasteiger partial charge is 0.253 e. The Morgan fingerprint density at radius 2 is 1.74 bits per heavy atom. The molecular formula is C21H21NO4S. The minimum atomic E-state index is -3.30. The molecule has 0 bridgehead atoms. The van der Waals surface area contributed by atoms with Crippen molar-refractivity contribution in [3.63, 3.8) is 0 Å². The third kappa shape index (κ3) is 3.62. The van der Waals surface area contributed by atoms with Gasteiger partial charge >= 0.3 is 0 Å². The number of sulfone groups is 1. The highest BCUT2D eigenvalue weighted by molar-refractivity contribution is 7.91. The van der Waals surface area contributed by atoms with Crippen LogP contribution in [0.5, 0.6) is 5.75 Å². The van der Waals surface area contributed by atoms with Gasteiger partial charge in [-0.3, -0.25) is 4.79 Å². The molecule has 1 atom stereocenters. The Morgan fingerprint density at radius 1 is 1.00 bits per heavy atom. The summed E-state index contributed by atoms with van der Waals surface area (Å²) in [6, 6.07) is 16.8. The van der Waals surface area contributed by atoms with Crippen LogP contribution in [-0.2, 0) is 14.6 Å². The Bertz CT molecular complexity index is 982. The number of carbonyl (C=O) groups excluding carboxylic acids is 1. The van der Waals surface area contributed by atoms with E-state index < -0.39 is 15.1 Å². The highest BCUT2D eigenvalue weighted by Gasteiger charge is 2.33. The molecule has 140 valence electrons. The van der Waals surface area contributed by atoms with Crippen molar-refractivity contribution in [1.29, 1.82) is 0 Å². The van der Waals surface area contributed by atoms with E-state index in [-0.39, 0.29) is 24.8 Å². The van der Waals surface area contributed by atoms with Gasteiger partial charge in [0.25, 0.3) is 5.91 Å². The van der Waals surface area contributed by atoms with Gasteiger partial charge < -0.3 is 9.64 Å². The molecule has 1 fully saturated rings. The van der Waals surface area contributed by atoms with Crippen LogP contribution < -0.4 is 4.74 Å². The molecule has 5 nitrogen and oxygen atoms in total. The van der Waals surface area contributed by atoms with E-state index in [1.54, 1.807) is 4.90 Å². The predicted octanol–water partition coefficient (Wildman–Crippen LogP) is 2.85. The Morgan fingerprint density at radius 3 is 2.56 bits per heavy atom. The van der Waals surface area contributed by atoms with E-state index in [1.165, 1.54) is 0 Å². The van der Waals surface area contributed by atoms with Crippen LogP contribution >= 0.6 is 0 Å². The van der Waals surface area contributed by atoms with E-state index in [9.17, 15) is 13.2 Å². The number of amides is 1. The lowest BCUT2D eigenvalue weighted by Crippen LogP contribution is -2.36. The second-order valence-corrected chi connectivity index (χ2v) is 9.15. The Hall–Kier alpha value is -2.60. The van der Waals surface area contributed by atoms with Crippen molar-refractivity contribution in [2.75, 3.05) is 25.4 Å². The molecule has 1 saturated heterocycles. The number of fused-ring (bicyclic) bond motifs is 1. The summed E-state index contributed by atoms with van der Waals surface area (Å²) in [5.74, 6) is 0.591. The largest absolute Gasteiger partial charge is 0.488 e. The molecule has 4 rings (SSSR count). The number of hydrogen-bond acceptors (Lipinski definition) is 4. The average Bonchev–Trinajstić information content (AvgIpc) is 2.85. The van der Waals surface area contributed by atoms with Crippen molar-refractivity contribution in [3.8, 4) is 5.75 Å². The Balaban J connectivity index is 1.55. The molecule has 2 aliphatic heterocycles. The van der Waals surface area contributed by atoms with Crippen molar-refractivity contribution >= 4 is 21.8 Å². The van der Waals surface area contributed by atoms with E-state index in [0.717, 1.165) is 16.9 Å². The van der Waals surface area contributed by atoms with Crippen LogP contribution in [0.2, 0.25) is 0 Å². The monoisotopic (exact) mass is 383 g/mol. The molecule has 1 amide bonds. The lowest BCUT2D eigenvalue weighted by atomic mass is 10.1. The zero-order valence-corrected chi connectivity index (χ0v) is 15.7. The molecule has 0 spiro atoms. The van der Waals surface area contributed by atoms with E-state index in [2.05, 4.69) is 0 Å². The second kappa shape index (κ2) is 7.19. The summed E-state index contributed by atoms with van der Waals surface area (Å²) < 4.78 is 31.1. The van der Waals surface area contributed by atoms with Gasteiger partial charge in [0, 0.05) is 18.7 Å². The standard InChI is InChI=1S/C21H21NO4S/c23-21(18-14-17-8-4-5-9-19(17)26-15-18)22-11-10-20(27(24,25)13-12-22)16-6-2-1-3-7-16/h1-9,14,20H,10-13,15H2. The van der Waals surface area contributed by atoms with Gasteiger partial charge in [-0.15, -0.1) is 0 Å². The molecule has 6 heteroatoms. The lowest BCUT2D eigenvalue weighted by molar-refractivity contribution is -0.127. The van der Waals surface area contributed by atoms with Gasteiger partial charge in [-0.1, -0.05) is 48.5 Å². The highest BCUT2D eigenvalue weighted by atomic mass is 32.2. The minimum absolute atomic E-state index is 0.0248. The molecule has 2 aliphatic rings. The molecule has 2 heterocycles. The molecule has 2 aromatic carbocycles. The van der Waals surface area contributed by atoms with Crippen LogP contribution in [0.1, 0.15) is 22.8 Å². The van der Waals surface area contributed by atoms with Gasteiger partial charge in [-0.2, -0.15) is 0 Å². The Labute approximate surface area is 159 Å². The molecule has 0 aromatic heterocycles. The lowest BCUT2D eigenvalue weighted by Gasteiger charge is -2.24. The van der Waals surface area contributed by atoms with E-state index >= 15 is 0 Å². The van der Waals surface area contributed by atoms with Crippen LogP contribution in [0.4, 0.5) is 0 Å². The van der Waals surface area contributed by atoms with Crippen LogP contribution in [0, 0.1) is 0 Å². The maximum Gasteiger partial charge on any atom is 0.253 e. The van der Waals surface area contributed by atoms with Crippen molar-refractivity contribution in [3.05, 3.63) is 71.3 Å². The number of para-hydroxylation sites is 1. The maximum absolute atomic E-state index is 13.0. The summed E-state index contributed by atoms with van der Waals surface area (Å²) in [6.45, 7) is 0.835. The first-order valence-corrected chi connectivity index (χ1v) is 10.7. The zero-order chi connectivity index (χ0) is 18.9. The third-order valence-corrected chi connectivity index (χ3v) is 7.23. The van der Waals surface area contributed by atoms with Crippen molar-refractivity contribution in [2.45, 2.75) is 11.7 Å². The normalized spacial score (nSPS) is 21.4. The minimum Gasteiger partial charge on any atom is -0.488 e. The molecular weight excluding hydrogens is 362 g/mol.